The molecule has 25 heteroatoms. The van der Waals surface area contributed by atoms with Gasteiger partial charge in [-0.2, -0.15) is 17.6 Å². The lowest BCUT2D eigenvalue weighted by atomic mass is 10.1. The van der Waals surface area contributed by atoms with Crippen LogP contribution < -0.4 is 17.0 Å². The molecule has 7 N–H and O–H groups in total. The van der Waals surface area contributed by atoms with Crippen molar-refractivity contribution in [3.05, 3.63) is 29.3 Å². The summed E-state index contributed by atoms with van der Waals surface area (Å²) in [6.07, 6.45) is -5.65. The summed E-state index contributed by atoms with van der Waals surface area (Å²) in [5.74, 6) is -0.150. The van der Waals surface area contributed by atoms with Gasteiger partial charge < -0.3 is 40.4 Å². The van der Waals surface area contributed by atoms with E-state index >= 15 is 0 Å². The van der Waals surface area contributed by atoms with E-state index in [0.717, 1.165) is 0 Å². The molecule has 47 heavy (non-hydrogen) atoms. The van der Waals surface area contributed by atoms with E-state index in [1.807, 2.05) is 0 Å². The topological polar surface area (TPSA) is 298 Å². The number of phosphoric ester groups is 1. The lowest BCUT2D eigenvalue weighted by Gasteiger charge is -2.25. The number of aromatic nitrogens is 8. The molecule has 9 atom stereocenters. The molecule has 2 saturated heterocycles. The molecule has 2 aliphatic rings. The van der Waals surface area contributed by atoms with Gasteiger partial charge in [0.15, 0.2) is 35.1 Å². The van der Waals surface area contributed by atoms with Crippen LogP contribution in [-0.2, 0) is 41.6 Å². The Morgan fingerprint density at radius 1 is 1.04 bits per heavy atom. The Kier molecular flexibility index (Phi) is 9.86. The van der Waals surface area contributed by atoms with E-state index < -0.39 is 84.4 Å². The van der Waals surface area contributed by atoms with E-state index in [9.17, 15) is 23.9 Å². The Hall–Kier alpha value is -3.18. The molecular formula is C22H28N10O12P2S. The van der Waals surface area contributed by atoms with Crippen LogP contribution in [0.3, 0.4) is 0 Å². The molecule has 2 aliphatic heterocycles. The second kappa shape index (κ2) is 13.7. The first kappa shape index (κ1) is 33.7. The quantitative estimate of drug-likeness (QED) is 0.0565. The second-order valence-corrected chi connectivity index (χ2v) is 12.2. The average molecular weight is 719 g/mol. The fourth-order valence-corrected chi connectivity index (χ4v) is 6.81. The number of ether oxygens (including phenoxy) is 4. The first-order valence-corrected chi connectivity index (χ1v) is 16.4. The van der Waals surface area contributed by atoms with Crippen molar-refractivity contribution in [1.29, 1.82) is 0 Å². The molecular weight excluding hydrogens is 690 g/mol. The van der Waals surface area contributed by atoms with Crippen LogP contribution in [0.2, 0.25) is 0 Å². The number of methoxy groups -OCH3 is 1. The van der Waals surface area contributed by atoms with Crippen LogP contribution in [0, 0.1) is 0 Å². The minimum Gasteiger partial charge on any atom is -0.386 e. The van der Waals surface area contributed by atoms with Gasteiger partial charge >= 0.3 is 16.5 Å². The maximum atomic E-state index is 13.3. The summed E-state index contributed by atoms with van der Waals surface area (Å²) in [6.45, 7) is -0.983. The number of fused-ring (bicyclic) bond motifs is 2. The van der Waals surface area contributed by atoms with E-state index in [-0.39, 0.29) is 40.0 Å². The second-order valence-electron chi connectivity index (χ2n) is 10.1. The third-order valence-electron chi connectivity index (χ3n) is 7.47. The van der Waals surface area contributed by atoms with E-state index in [2.05, 4.69) is 42.5 Å². The summed E-state index contributed by atoms with van der Waals surface area (Å²) >= 11 is 4.14. The number of anilines is 2. The Bertz CT molecular complexity index is 1860. The molecule has 9 unspecified atom stereocenters. The maximum Gasteiger partial charge on any atom is 0.472 e. The molecule has 0 aliphatic carbocycles. The number of nitrogens with one attached hydrogen (secondary N) is 1. The molecule has 0 amide bonds. The summed E-state index contributed by atoms with van der Waals surface area (Å²) in [5, 5.41) is 11.2. The molecule has 0 bridgehead atoms. The summed E-state index contributed by atoms with van der Waals surface area (Å²) in [5.41, 5.74) is 11.5. The van der Waals surface area contributed by atoms with Crippen LogP contribution in [0.15, 0.2) is 23.8 Å². The van der Waals surface area contributed by atoms with E-state index in [0.29, 0.717) is 0 Å². The van der Waals surface area contributed by atoms with Crippen molar-refractivity contribution < 1.29 is 51.6 Å². The van der Waals surface area contributed by atoms with Crippen molar-refractivity contribution in [2.24, 2.45) is 0 Å². The van der Waals surface area contributed by atoms with Crippen LogP contribution in [0.1, 0.15) is 12.5 Å². The Balaban J connectivity index is 1.20. The third-order valence-corrected chi connectivity index (χ3v) is 8.86. The third kappa shape index (κ3) is 6.49. The highest BCUT2D eigenvalue weighted by atomic mass is 32.1. The minimum absolute atomic E-state index is 0.0143. The highest BCUT2D eigenvalue weighted by Crippen LogP contribution is 2.50. The summed E-state index contributed by atoms with van der Waals surface area (Å²) in [4.78, 5) is 45.8. The SMILES string of the molecule is COC1C(COP(=O)(O)OC2C(COP=O)OC(n3cnc4c(N)ncnc43)C2O)OC(n2cnc3c(=O)[nH]c(N)nc32)C1OCS. The maximum absolute atomic E-state index is 13.3. The molecule has 0 radical (unpaired) electrons. The number of nitrogen functional groups attached to an aromatic ring is 2. The van der Waals surface area contributed by atoms with Gasteiger partial charge in [-0.1, -0.05) is 0 Å². The smallest absolute Gasteiger partial charge is 0.386 e. The summed E-state index contributed by atoms with van der Waals surface area (Å²) < 4.78 is 66.0. The number of aliphatic hydroxyl groups is 1. The molecule has 6 heterocycles. The fourth-order valence-electron chi connectivity index (χ4n) is 5.47. The first-order valence-electron chi connectivity index (χ1n) is 13.6. The number of aliphatic hydroxyl groups excluding tert-OH is 1. The van der Waals surface area contributed by atoms with Crippen molar-refractivity contribution in [2.75, 3.05) is 37.7 Å². The van der Waals surface area contributed by atoms with Crippen molar-refractivity contribution >= 4 is 63.2 Å². The molecule has 0 spiro atoms. The van der Waals surface area contributed by atoms with E-state index in [1.54, 1.807) is 0 Å². The first-order chi connectivity index (χ1) is 22.6. The normalized spacial score (nSPS) is 29.3. The zero-order chi connectivity index (χ0) is 33.5. The van der Waals surface area contributed by atoms with Crippen LogP contribution >= 0.6 is 29.1 Å². The standard InChI is InChI=1S/C22H28N10O12P2S/c1-38-14-9(43-21(15(14)39-7-47)32-6-28-11-18(32)29-22(24)30-19(11)34)3-41-46(36,37)44-13-8(2-40-45-35)42-20(12(13)33)31-5-27-10-16(23)25-4-26-17(10)31/h4-6,8-9,12-15,20-21,33,47H,2-3,7H2,1H3,(H,36,37)(H2,23,25,26)(H3,24,29,30,34). The van der Waals surface area contributed by atoms with Gasteiger partial charge in [-0.15, -0.1) is 0 Å². The zero-order valence-electron chi connectivity index (χ0n) is 24.1. The van der Waals surface area contributed by atoms with Crippen LogP contribution in [-0.4, -0.2) is 112 Å². The van der Waals surface area contributed by atoms with Gasteiger partial charge in [0.25, 0.3) is 5.56 Å². The van der Waals surface area contributed by atoms with Gasteiger partial charge in [0.1, 0.15) is 48.5 Å². The van der Waals surface area contributed by atoms with Crippen LogP contribution in [0.25, 0.3) is 22.3 Å². The number of phosphoric acid groups is 1. The zero-order valence-corrected chi connectivity index (χ0v) is 26.8. The average Bonchev–Trinajstić information content (AvgIpc) is 3.80. The largest absolute Gasteiger partial charge is 0.472 e. The van der Waals surface area contributed by atoms with Gasteiger partial charge in [-0.3, -0.25) is 32.5 Å². The van der Waals surface area contributed by atoms with Crippen molar-refractivity contribution in [2.45, 2.75) is 49.1 Å². The summed E-state index contributed by atoms with van der Waals surface area (Å²) in [7, 11) is -4.34. The van der Waals surface area contributed by atoms with Gasteiger partial charge in [0.05, 0.1) is 31.8 Å². The predicted molar refractivity (Wildman–Crippen MR) is 160 cm³/mol. The van der Waals surface area contributed by atoms with Crippen LogP contribution in [0.4, 0.5) is 11.8 Å². The van der Waals surface area contributed by atoms with Gasteiger partial charge in [0, 0.05) is 7.11 Å². The molecule has 4 aromatic heterocycles. The number of hydrogen-bond donors (Lipinski definition) is 6. The molecule has 2 fully saturated rings. The number of hydrogen-bond acceptors (Lipinski definition) is 19. The Labute approximate surface area is 270 Å². The highest BCUT2D eigenvalue weighted by Gasteiger charge is 2.51. The van der Waals surface area contributed by atoms with Crippen molar-refractivity contribution in [3.63, 3.8) is 0 Å². The molecule has 6 rings (SSSR count). The Morgan fingerprint density at radius 2 is 1.74 bits per heavy atom. The van der Waals surface area contributed by atoms with Crippen molar-refractivity contribution in [3.8, 4) is 0 Å². The monoisotopic (exact) mass is 718 g/mol. The molecule has 254 valence electrons. The van der Waals surface area contributed by atoms with Gasteiger partial charge in [-0.25, -0.2) is 29.1 Å². The van der Waals surface area contributed by atoms with Gasteiger partial charge in [0.2, 0.25) is 5.95 Å². The molecule has 0 saturated carbocycles. The van der Waals surface area contributed by atoms with Crippen molar-refractivity contribution in [1.82, 2.24) is 39.0 Å². The number of imidazole rings is 2. The number of aromatic amines is 1. The van der Waals surface area contributed by atoms with E-state index in [1.165, 1.54) is 35.2 Å². The number of rotatable bonds is 13. The van der Waals surface area contributed by atoms with Gasteiger partial charge in [-0.05, 0) is 0 Å². The summed E-state index contributed by atoms with van der Waals surface area (Å²) in [6, 6.07) is 0. The number of nitrogens with two attached hydrogens (primary N) is 2. The number of thiol groups is 1. The fraction of sp³-hybridized carbons (Fsp3) is 0.545. The Morgan fingerprint density at radius 3 is 2.47 bits per heavy atom. The van der Waals surface area contributed by atoms with Crippen LogP contribution in [0.5, 0.6) is 0 Å². The number of H-pyrrole nitrogens is 1. The lowest BCUT2D eigenvalue weighted by Crippen LogP contribution is -2.38. The molecule has 0 aromatic carbocycles. The number of nitrogens with zero attached hydrogens (tertiary/aromatic N) is 7. The lowest BCUT2D eigenvalue weighted by molar-refractivity contribution is -0.0634. The minimum atomic E-state index is -5.00. The molecule has 22 nitrogen and oxygen atoms in total. The highest BCUT2D eigenvalue weighted by molar-refractivity contribution is 7.80. The molecule has 4 aromatic rings. The van der Waals surface area contributed by atoms with E-state index in [4.69, 9.17) is 44.0 Å². The predicted octanol–water partition coefficient (Wildman–Crippen LogP) is -0.707.